The molecule has 0 radical (unpaired) electrons. The van der Waals surface area contributed by atoms with Crippen LogP contribution in [0.25, 0.3) is 23.0 Å². The Labute approximate surface area is 165 Å². The number of hydrogen-bond acceptors (Lipinski definition) is 3. The molecule has 2 heterocycles. The van der Waals surface area contributed by atoms with E-state index in [1.54, 1.807) is 18.5 Å². The number of amides is 1. The van der Waals surface area contributed by atoms with Gasteiger partial charge in [0.25, 0.3) is 0 Å². The highest BCUT2D eigenvalue weighted by Crippen LogP contribution is 2.24. The molecule has 28 heavy (non-hydrogen) atoms. The molecule has 5 heteroatoms. The Morgan fingerprint density at radius 1 is 1.07 bits per heavy atom. The van der Waals surface area contributed by atoms with Crippen LogP contribution >= 0.6 is 0 Å². The molecule has 0 saturated heterocycles. The van der Waals surface area contributed by atoms with Crippen molar-refractivity contribution in [3.8, 4) is 16.9 Å². The molecule has 1 fully saturated rings. The van der Waals surface area contributed by atoms with Crippen LogP contribution < -0.4 is 5.32 Å². The standard InChI is InChI=1S/C23H24N4O/c28-22(25-20-9-3-1-4-10-20)14-13-19-17-27(21-11-5-2-6-12-21)26-23(19)18-8-7-15-24-16-18/h2,5-8,11-17,20H,1,3-4,9-10H2,(H,25,28)/b14-13+. The van der Waals surface area contributed by atoms with Gasteiger partial charge in [0.05, 0.1) is 5.69 Å². The minimum absolute atomic E-state index is 0.0449. The van der Waals surface area contributed by atoms with Crippen molar-refractivity contribution < 1.29 is 4.79 Å². The van der Waals surface area contributed by atoms with Crippen molar-refractivity contribution in [3.05, 3.63) is 72.7 Å². The largest absolute Gasteiger partial charge is 0.350 e. The average Bonchev–Trinajstić information content (AvgIpc) is 3.19. The number of nitrogens with zero attached hydrogens (tertiary/aromatic N) is 3. The van der Waals surface area contributed by atoms with Crippen LogP contribution in [-0.4, -0.2) is 26.7 Å². The number of carbonyl (C=O) groups is 1. The zero-order valence-corrected chi connectivity index (χ0v) is 15.8. The summed E-state index contributed by atoms with van der Waals surface area (Å²) >= 11 is 0. The van der Waals surface area contributed by atoms with Gasteiger partial charge >= 0.3 is 0 Å². The molecule has 2 aromatic heterocycles. The third-order valence-corrected chi connectivity index (χ3v) is 5.06. The first kappa shape index (κ1) is 18.2. The van der Waals surface area contributed by atoms with Crippen molar-refractivity contribution in [2.75, 3.05) is 0 Å². The van der Waals surface area contributed by atoms with Crippen LogP contribution in [0.15, 0.2) is 67.1 Å². The first-order valence-corrected chi connectivity index (χ1v) is 9.84. The van der Waals surface area contributed by atoms with E-state index < -0.39 is 0 Å². The molecule has 1 saturated carbocycles. The second-order valence-electron chi connectivity index (χ2n) is 7.13. The Morgan fingerprint density at radius 3 is 2.64 bits per heavy atom. The maximum absolute atomic E-state index is 12.4. The molecule has 0 aliphatic heterocycles. The van der Waals surface area contributed by atoms with Crippen LogP contribution in [0.4, 0.5) is 0 Å². The monoisotopic (exact) mass is 372 g/mol. The van der Waals surface area contributed by atoms with Crippen LogP contribution in [0.5, 0.6) is 0 Å². The summed E-state index contributed by atoms with van der Waals surface area (Å²) in [5.74, 6) is -0.0449. The van der Waals surface area contributed by atoms with E-state index in [1.807, 2.05) is 59.4 Å². The molecule has 1 aliphatic rings. The molecule has 0 bridgehead atoms. The molecule has 1 amide bonds. The smallest absolute Gasteiger partial charge is 0.244 e. The summed E-state index contributed by atoms with van der Waals surface area (Å²) in [4.78, 5) is 16.6. The molecule has 1 aliphatic carbocycles. The number of para-hydroxylation sites is 1. The van der Waals surface area contributed by atoms with Crippen molar-refractivity contribution in [2.45, 2.75) is 38.1 Å². The lowest BCUT2D eigenvalue weighted by atomic mass is 9.95. The van der Waals surface area contributed by atoms with Crippen LogP contribution in [0.1, 0.15) is 37.7 Å². The Kier molecular flexibility index (Phi) is 5.61. The van der Waals surface area contributed by atoms with E-state index in [1.165, 1.54) is 19.3 Å². The average molecular weight is 372 g/mol. The van der Waals surface area contributed by atoms with Gasteiger partial charge in [-0.15, -0.1) is 0 Å². The van der Waals surface area contributed by atoms with Crippen LogP contribution in [0.2, 0.25) is 0 Å². The van der Waals surface area contributed by atoms with Gasteiger partial charge in [0, 0.05) is 41.8 Å². The van der Waals surface area contributed by atoms with E-state index in [2.05, 4.69) is 10.3 Å². The van der Waals surface area contributed by atoms with Gasteiger partial charge in [-0.3, -0.25) is 9.78 Å². The fourth-order valence-electron chi connectivity index (χ4n) is 3.61. The maximum atomic E-state index is 12.4. The molecule has 0 atom stereocenters. The summed E-state index contributed by atoms with van der Waals surface area (Å²) in [7, 11) is 0. The number of aromatic nitrogens is 3. The van der Waals surface area contributed by atoms with E-state index in [0.29, 0.717) is 6.04 Å². The van der Waals surface area contributed by atoms with Gasteiger partial charge in [0.1, 0.15) is 5.69 Å². The lowest BCUT2D eigenvalue weighted by Crippen LogP contribution is -2.34. The number of nitrogens with one attached hydrogen (secondary N) is 1. The number of rotatable bonds is 5. The fourth-order valence-corrected chi connectivity index (χ4v) is 3.61. The SMILES string of the molecule is O=C(/C=C/c1cn(-c2ccccc2)nc1-c1cccnc1)NC1CCCCC1. The minimum Gasteiger partial charge on any atom is -0.350 e. The number of hydrogen-bond donors (Lipinski definition) is 1. The molecule has 0 unspecified atom stereocenters. The quantitative estimate of drug-likeness (QED) is 0.676. The summed E-state index contributed by atoms with van der Waals surface area (Å²) < 4.78 is 1.83. The van der Waals surface area contributed by atoms with Crippen molar-refractivity contribution in [1.82, 2.24) is 20.1 Å². The summed E-state index contributed by atoms with van der Waals surface area (Å²) in [5.41, 5.74) is 3.58. The molecule has 4 rings (SSSR count). The van der Waals surface area contributed by atoms with Gasteiger partial charge in [0.15, 0.2) is 0 Å². The Balaban J connectivity index is 1.59. The summed E-state index contributed by atoms with van der Waals surface area (Å²) in [6.07, 6.45) is 14.7. The normalized spacial score (nSPS) is 15.0. The minimum atomic E-state index is -0.0449. The molecule has 5 nitrogen and oxygen atoms in total. The molecule has 0 spiro atoms. The van der Waals surface area contributed by atoms with Gasteiger partial charge in [-0.1, -0.05) is 37.5 Å². The zero-order valence-electron chi connectivity index (χ0n) is 15.8. The number of carbonyl (C=O) groups excluding carboxylic acids is 1. The zero-order chi connectivity index (χ0) is 19.2. The maximum Gasteiger partial charge on any atom is 0.244 e. The highest BCUT2D eigenvalue weighted by atomic mass is 16.1. The van der Waals surface area contributed by atoms with Crippen LogP contribution in [0.3, 0.4) is 0 Å². The summed E-state index contributed by atoms with van der Waals surface area (Å²) in [5, 5.41) is 7.86. The molecular weight excluding hydrogens is 348 g/mol. The van der Waals surface area contributed by atoms with Crippen LogP contribution in [0, 0.1) is 0 Å². The number of pyridine rings is 1. The van der Waals surface area contributed by atoms with Crippen molar-refractivity contribution >= 4 is 12.0 Å². The Morgan fingerprint density at radius 2 is 1.89 bits per heavy atom. The van der Waals surface area contributed by atoms with E-state index >= 15 is 0 Å². The predicted molar refractivity (Wildman–Crippen MR) is 111 cm³/mol. The van der Waals surface area contributed by atoms with Gasteiger partial charge in [-0.05, 0) is 43.2 Å². The van der Waals surface area contributed by atoms with Crippen LogP contribution in [-0.2, 0) is 4.79 Å². The summed E-state index contributed by atoms with van der Waals surface area (Å²) in [6, 6.07) is 14.1. The Bertz CT molecular complexity index is 941. The topological polar surface area (TPSA) is 59.8 Å². The fraction of sp³-hybridized carbons (Fsp3) is 0.261. The highest BCUT2D eigenvalue weighted by molar-refractivity contribution is 5.93. The van der Waals surface area contributed by atoms with E-state index in [4.69, 9.17) is 5.10 Å². The van der Waals surface area contributed by atoms with Crippen molar-refractivity contribution in [1.29, 1.82) is 0 Å². The number of benzene rings is 1. The van der Waals surface area contributed by atoms with Crippen molar-refractivity contribution in [3.63, 3.8) is 0 Å². The van der Waals surface area contributed by atoms with Gasteiger partial charge in [0.2, 0.25) is 5.91 Å². The third kappa shape index (κ3) is 4.36. The van der Waals surface area contributed by atoms with E-state index in [0.717, 1.165) is 35.3 Å². The van der Waals surface area contributed by atoms with Gasteiger partial charge in [-0.25, -0.2) is 4.68 Å². The van der Waals surface area contributed by atoms with Crippen molar-refractivity contribution in [2.24, 2.45) is 0 Å². The first-order chi connectivity index (χ1) is 13.8. The molecule has 1 N–H and O–H groups in total. The molecule has 142 valence electrons. The van der Waals surface area contributed by atoms with E-state index in [-0.39, 0.29) is 5.91 Å². The second-order valence-corrected chi connectivity index (χ2v) is 7.13. The van der Waals surface area contributed by atoms with Gasteiger partial charge < -0.3 is 5.32 Å². The lowest BCUT2D eigenvalue weighted by molar-refractivity contribution is -0.117. The van der Waals surface area contributed by atoms with Gasteiger partial charge in [-0.2, -0.15) is 5.10 Å². The third-order valence-electron chi connectivity index (χ3n) is 5.06. The molecule has 3 aromatic rings. The highest BCUT2D eigenvalue weighted by Gasteiger charge is 2.15. The van der Waals surface area contributed by atoms with E-state index in [9.17, 15) is 4.79 Å². The predicted octanol–water partition coefficient (Wildman–Crippen LogP) is 4.40. The molecule has 1 aromatic carbocycles. The lowest BCUT2D eigenvalue weighted by Gasteiger charge is -2.21. The molecular formula is C23H24N4O. The second kappa shape index (κ2) is 8.65. The first-order valence-electron chi connectivity index (χ1n) is 9.84. The Hall–Kier alpha value is -3.21. The summed E-state index contributed by atoms with van der Waals surface area (Å²) in [6.45, 7) is 0.